The first kappa shape index (κ1) is 9.39. The number of hydrogen-bond donors (Lipinski definition) is 2. The molecule has 60 valence electrons. The second kappa shape index (κ2) is 6.51. The van der Waals surface area contributed by atoms with Crippen molar-refractivity contribution in [1.82, 2.24) is 5.48 Å². The van der Waals surface area contributed by atoms with Gasteiger partial charge in [0.05, 0.1) is 7.11 Å². The minimum atomic E-state index is -0.739. The fourth-order valence-electron chi connectivity index (χ4n) is 0.575. The van der Waals surface area contributed by atoms with Crippen LogP contribution in [0.5, 0.6) is 0 Å². The van der Waals surface area contributed by atoms with Gasteiger partial charge in [-0.05, 0) is 12.8 Å². The van der Waals surface area contributed by atoms with E-state index in [4.69, 9.17) is 5.11 Å². The monoisotopic (exact) mass is 147 g/mol. The van der Waals surface area contributed by atoms with Crippen molar-refractivity contribution in [1.29, 1.82) is 0 Å². The Kier molecular flexibility index (Phi) is 6.11. The second-order valence-corrected chi connectivity index (χ2v) is 1.95. The van der Waals surface area contributed by atoms with Crippen LogP contribution in [0.2, 0.25) is 0 Å². The van der Waals surface area contributed by atoms with E-state index in [-0.39, 0.29) is 6.42 Å². The highest BCUT2D eigenvalue weighted by molar-refractivity contribution is 5.66. The molecule has 0 heterocycles. The Bertz CT molecular complexity index is 95.0. The molecular weight excluding hydrogens is 134 g/mol. The Labute approximate surface area is 60.1 Å². The Morgan fingerprint density at radius 2 is 2.30 bits per heavy atom. The molecule has 0 unspecified atom stereocenters. The molecule has 0 aliphatic rings. The van der Waals surface area contributed by atoms with E-state index in [2.05, 4.69) is 10.3 Å². The van der Waals surface area contributed by atoms with Crippen LogP contribution < -0.4 is 5.48 Å². The van der Waals surface area contributed by atoms with Crippen LogP contribution in [-0.4, -0.2) is 24.7 Å². The lowest BCUT2D eigenvalue weighted by molar-refractivity contribution is -0.137. The van der Waals surface area contributed by atoms with Crippen LogP contribution in [0, 0.1) is 0 Å². The zero-order valence-electron chi connectivity index (χ0n) is 6.09. The first-order valence-electron chi connectivity index (χ1n) is 3.25. The highest BCUT2D eigenvalue weighted by Crippen LogP contribution is 1.92. The van der Waals surface area contributed by atoms with E-state index in [1.54, 1.807) is 0 Å². The number of hydroxylamine groups is 1. The van der Waals surface area contributed by atoms with Crippen molar-refractivity contribution >= 4 is 5.97 Å². The Morgan fingerprint density at radius 3 is 2.80 bits per heavy atom. The van der Waals surface area contributed by atoms with Gasteiger partial charge in [0, 0.05) is 13.0 Å². The number of aliphatic carboxylic acids is 1. The van der Waals surface area contributed by atoms with Gasteiger partial charge in [-0.25, -0.2) is 5.48 Å². The van der Waals surface area contributed by atoms with Gasteiger partial charge >= 0.3 is 5.97 Å². The molecule has 0 saturated carbocycles. The first-order valence-corrected chi connectivity index (χ1v) is 3.25. The number of hydrogen-bond acceptors (Lipinski definition) is 3. The molecule has 0 bridgehead atoms. The summed E-state index contributed by atoms with van der Waals surface area (Å²) in [6.45, 7) is 0.712. The molecule has 0 aromatic heterocycles. The van der Waals surface area contributed by atoms with Crippen molar-refractivity contribution in [3.8, 4) is 0 Å². The van der Waals surface area contributed by atoms with Crippen LogP contribution in [0.3, 0.4) is 0 Å². The molecule has 0 spiro atoms. The van der Waals surface area contributed by atoms with E-state index >= 15 is 0 Å². The largest absolute Gasteiger partial charge is 0.481 e. The topological polar surface area (TPSA) is 58.6 Å². The summed E-state index contributed by atoms with van der Waals surface area (Å²) in [5.74, 6) is -0.739. The number of carbonyl (C=O) groups is 1. The SMILES string of the molecule is CONCCCCC(=O)O. The summed E-state index contributed by atoms with van der Waals surface area (Å²) in [5, 5.41) is 8.22. The lowest BCUT2D eigenvalue weighted by Gasteiger charge is -1.98. The molecule has 0 rings (SSSR count). The number of rotatable bonds is 6. The first-order chi connectivity index (χ1) is 4.77. The standard InChI is InChI=1S/C6H13NO3/c1-10-7-5-3-2-4-6(8)9/h7H,2-5H2,1H3,(H,8,9). The fraction of sp³-hybridized carbons (Fsp3) is 0.833. The van der Waals surface area contributed by atoms with E-state index in [9.17, 15) is 4.79 Å². The average Bonchev–Trinajstić information content (AvgIpc) is 1.87. The van der Waals surface area contributed by atoms with Crippen molar-refractivity contribution in [2.75, 3.05) is 13.7 Å². The van der Waals surface area contributed by atoms with Gasteiger partial charge < -0.3 is 9.94 Å². The minimum Gasteiger partial charge on any atom is -0.481 e. The molecule has 4 heteroatoms. The Balaban J connectivity index is 2.84. The Hall–Kier alpha value is -0.610. The van der Waals surface area contributed by atoms with E-state index in [1.807, 2.05) is 0 Å². The molecule has 4 nitrogen and oxygen atoms in total. The molecular formula is C6H13NO3. The quantitative estimate of drug-likeness (QED) is 0.421. The van der Waals surface area contributed by atoms with Gasteiger partial charge in [0.1, 0.15) is 0 Å². The van der Waals surface area contributed by atoms with Gasteiger partial charge in [0.15, 0.2) is 0 Å². The number of carboxylic acid groups (broad SMARTS) is 1. The van der Waals surface area contributed by atoms with Crippen LogP contribution in [-0.2, 0) is 9.63 Å². The van der Waals surface area contributed by atoms with Crippen LogP contribution in [0.4, 0.5) is 0 Å². The number of nitrogens with one attached hydrogen (secondary N) is 1. The average molecular weight is 147 g/mol. The molecule has 10 heavy (non-hydrogen) atoms. The third-order valence-corrected chi connectivity index (χ3v) is 1.06. The maximum atomic E-state index is 9.98. The lowest BCUT2D eigenvalue weighted by atomic mass is 10.2. The predicted molar refractivity (Wildman–Crippen MR) is 36.5 cm³/mol. The van der Waals surface area contributed by atoms with E-state index in [0.717, 1.165) is 6.42 Å². The summed E-state index contributed by atoms with van der Waals surface area (Å²) >= 11 is 0. The van der Waals surface area contributed by atoms with E-state index in [0.29, 0.717) is 13.0 Å². The molecule has 2 N–H and O–H groups in total. The van der Waals surface area contributed by atoms with Gasteiger partial charge in [0.2, 0.25) is 0 Å². The van der Waals surface area contributed by atoms with Crippen molar-refractivity contribution in [3.63, 3.8) is 0 Å². The third-order valence-electron chi connectivity index (χ3n) is 1.06. The molecule has 0 aromatic rings. The van der Waals surface area contributed by atoms with Crippen molar-refractivity contribution < 1.29 is 14.7 Å². The van der Waals surface area contributed by atoms with Crippen molar-refractivity contribution in [2.45, 2.75) is 19.3 Å². The molecule has 0 saturated heterocycles. The molecule has 0 fully saturated rings. The molecule has 0 amide bonds. The van der Waals surface area contributed by atoms with Gasteiger partial charge in [0.25, 0.3) is 0 Å². The van der Waals surface area contributed by atoms with E-state index < -0.39 is 5.97 Å². The maximum absolute atomic E-state index is 9.98. The summed E-state index contributed by atoms with van der Waals surface area (Å²) in [4.78, 5) is 14.5. The maximum Gasteiger partial charge on any atom is 0.303 e. The van der Waals surface area contributed by atoms with E-state index in [1.165, 1.54) is 7.11 Å². The highest BCUT2D eigenvalue weighted by Gasteiger charge is 1.94. The molecule has 0 aliphatic heterocycles. The van der Waals surface area contributed by atoms with Crippen LogP contribution >= 0.6 is 0 Å². The predicted octanol–water partition coefficient (Wildman–Crippen LogP) is 0.392. The van der Waals surface area contributed by atoms with Crippen LogP contribution in [0.15, 0.2) is 0 Å². The van der Waals surface area contributed by atoms with Gasteiger partial charge in [-0.15, -0.1) is 0 Å². The van der Waals surface area contributed by atoms with Crippen molar-refractivity contribution in [2.24, 2.45) is 0 Å². The van der Waals surface area contributed by atoms with Gasteiger partial charge in [-0.2, -0.15) is 0 Å². The van der Waals surface area contributed by atoms with Crippen molar-refractivity contribution in [3.05, 3.63) is 0 Å². The highest BCUT2D eigenvalue weighted by atomic mass is 16.6. The van der Waals surface area contributed by atoms with Gasteiger partial charge in [-0.3, -0.25) is 4.79 Å². The summed E-state index contributed by atoms with van der Waals surface area (Å²) in [7, 11) is 1.54. The number of unbranched alkanes of at least 4 members (excludes halogenated alkanes) is 1. The lowest BCUT2D eigenvalue weighted by Crippen LogP contribution is -2.13. The summed E-state index contributed by atoms with van der Waals surface area (Å²) in [6.07, 6.45) is 1.78. The third kappa shape index (κ3) is 7.39. The zero-order chi connectivity index (χ0) is 7.82. The molecule has 0 radical (unpaired) electrons. The second-order valence-electron chi connectivity index (χ2n) is 1.95. The Morgan fingerprint density at radius 1 is 1.60 bits per heavy atom. The summed E-state index contributed by atoms with van der Waals surface area (Å²) in [5.41, 5.74) is 2.63. The molecule has 0 aromatic carbocycles. The van der Waals surface area contributed by atoms with Gasteiger partial charge in [-0.1, -0.05) is 0 Å². The minimum absolute atomic E-state index is 0.241. The number of carboxylic acids is 1. The fourth-order valence-corrected chi connectivity index (χ4v) is 0.575. The molecule has 0 aliphatic carbocycles. The summed E-state index contributed by atoms with van der Waals surface area (Å²) in [6, 6.07) is 0. The molecule has 0 atom stereocenters. The van der Waals surface area contributed by atoms with Crippen LogP contribution in [0.25, 0.3) is 0 Å². The zero-order valence-corrected chi connectivity index (χ0v) is 6.09. The smallest absolute Gasteiger partial charge is 0.303 e. The summed E-state index contributed by atoms with van der Waals surface area (Å²) < 4.78 is 0. The van der Waals surface area contributed by atoms with Crippen LogP contribution in [0.1, 0.15) is 19.3 Å². The normalized spacial score (nSPS) is 9.70.